The van der Waals surface area contributed by atoms with Crippen LogP contribution in [0, 0.1) is 11.2 Å². The van der Waals surface area contributed by atoms with Gasteiger partial charge in [-0.3, -0.25) is 14.3 Å². The van der Waals surface area contributed by atoms with Gasteiger partial charge in [0.1, 0.15) is 16.5 Å². The molecular weight excluding hydrogens is 580 g/mol. The summed E-state index contributed by atoms with van der Waals surface area (Å²) in [6, 6.07) is 11.0. The van der Waals surface area contributed by atoms with Crippen molar-refractivity contribution in [3.8, 4) is 11.5 Å². The Labute approximate surface area is 242 Å². The maximum Gasteiger partial charge on any atom is 0.307 e. The fourth-order valence-electron chi connectivity index (χ4n) is 4.13. The number of ketones is 1. The summed E-state index contributed by atoms with van der Waals surface area (Å²) >= 11 is 12.6. The van der Waals surface area contributed by atoms with Gasteiger partial charge >= 0.3 is 5.97 Å². The minimum absolute atomic E-state index is 0.0541. The molecule has 0 heterocycles. The zero-order chi connectivity index (χ0) is 29.4. The van der Waals surface area contributed by atoms with E-state index in [-0.39, 0.29) is 60.9 Å². The first kappa shape index (κ1) is 29.8. The minimum Gasteiger partial charge on any atom is -0.481 e. The number of nitrogens with one attached hydrogen (secondary N) is 1. The molecule has 0 saturated heterocycles. The molecule has 0 bridgehead atoms. The van der Waals surface area contributed by atoms with Crippen LogP contribution in [0.2, 0.25) is 10.0 Å². The molecule has 1 saturated carbocycles. The van der Waals surface area contributed by atoms with Gasteiger partial charge in [-0.05, 0) is 66.1 Å². The van der Waals surface area contributed by atoms with Crippen molar-refractivity contribution < 1.29 is 32.2 Å². The minimum atomic E-state index is -4.24. The van der Waals surface area contributed by atoms with E-state index in [2.05, 4.69) is 4.72 Å². The van der Waals surface area contributed by atoms with Crippen LogP contribution in [0.5, 0.6) is 11.5 Å². The number of carbonyl (C=O) groups is 2. The van der Waals surface area contributed by atoms with Crippen LogP contribution >= 0.6 is 23.2 Å². The van der Waals surface area contributed by atoms with Crippen LogP contribution in [0.25, 0.3) is 0 Å². The molecule has 0 aromatic heterocycles. The molecule has 212 valence electrons. The molecule has 0 aliphatic heterocycles. The Hall–Kier alpha value is -3.14. The monoisotopic (exact) mass is 607 g/mol. The van der Waals surface area contributed by atoms with Gasteiger partial charge in [-0.15, -0.1) is 0 Å². The Balaban J connectivity index is 1.72. The number of Topliss-reactive ketones (excluding diaryl/α,β-unsaturated/α-hetero) is 1. The zero-order valence-electron chi connectivity index (χ0n) is 22.1. The normalized spacial score (nSPS) is 13.7. The van der Waals surface area contributed by atoms with E-state index in [9.17, 15) is 22.4 Å². The van der Waals surface area contributed by atoms with Crippen LogP contribution in [-0.4, -0.2) is 25.3 Å². The lowest BCUT2D eigenvalue weighted by Gasteiger charge is -2.19. The van der Waals surface area contributed by atoms with Gasteiger partial charge in [0.2, 0.25) is 0 Å². The molecule has 1 aliphatic carbocycles. The van der Waals surface area contributed by atoms with Crippen molar-refractivity contribution in [2.45, 2.75) is 57.3 Å². The number of carboxylic acid groups (broad SMARTS) is 1. The highest BCUT2D eigenvalue weighted by atomic mass is 35.5. The molecule has 0 spiro atoms. The van der Waals surface area contributed by atoms with Crippen LogP contribution in [0.4, 0.5) is 10.1 Å². The van der Waals surface area contributed by atoms with E-state index in [0.717, 1.165) is 30.5 Å². The number of sulfonamides is 1. The van der Waals surface area contributed by atoms with E-state index in [1.165, 1.54) is 24.3 Å². The van der Waals surface area contributed by atoms with E-state index < -0.39 is 28.2 Å². The molecule has 11 heteroatoms. The van der Waals surface area contributed by atoms with Crippen LogP contribution in [0.15, 0.2) is 53.4 Å². The predicted octanol–water partition coefficient (Wildman–Crippen LogP) is 7.85. The van der Waals surface area contributed by atoms with Gasteiger partial charge in [0, 0.05) is 23.6 Å². The van der Waals surface area contributed by atoms with E-state index in [0.29, 0.717) is 5.92 Å². The van der Waals surface area contributed by atoms with Crippen molar-refractivity contribution in [2.24, 2.45) is 5.41 Å². The first-order valence-electron chi connectivity index (χ1n) is 12.5. The van der Waals surface area contributed by atoms with Crippen molar-refractivity contribution >= 4 is 50.7 Å². The molecule has 0 amide bonds. The molecule has 2 N–H and O–H groups in total. The van der Waals surface area contributed by atoms with Gasteiger partial charge in [-0.25, -0.2) is 12.8 Å². The first-order chi connectivity index (χ1) is 18.6. The Morgan fingerprint density at radius 3 is 2.33 bits per heavy atom. The second kappa shape index (κ2) is 11.4. The highest BCUT2D eigenvalue weighted by Crippen LogP contribution is 2.42. The van der Waals surface area contributed by atoms with Crippen LogP contribution in [-0.2, 0) is 21.2 Å². The van der Waals surface area contributed by atoms with E-state index >= 15 is 0 Å². The summed E-state index contributed by atoms with van der Waals surface area (Å²) in [5.41, 5.74) is 0.660. The molecule has 3 aromatic carbocycles. The van der Waals surface area contributed by atoms with E-state index in [4.69, 9.17) is 33.0 Å². The molecule has 1 fully saturated rings. The summed E-state index contributed by atoms with van der Waals surface area (Å²) < 4.78 is 49.7. The van der Waals surface area contributed by atoms with Gasteiger partial charge in [0.15, 0.2) is 11.5 Å². The Bertz CT molecular complexity index is 1600. The molecule has 7 nitrogen and oxygen atoms in total. The number of aliphatic carboxylic acids is 1. The fourth-order valence-corrected chi connectivity index (χ4v) is 5.97. The Kier molecular flexibility index (Phi) is 8.49. The molecule has 0 atom stereocenters. The van der Waals surface area contributed by atoms with Gasteiger partial charge < -0.3 is 9.84 Å². The third kappa shape index (κ3) is 7.33. The predicted molar refractivity (Wildman–Crippen MR) is 152 cm³/mol. The summed E-state index contributed by atoms with van der Waals surface area (Å²) in [6.07, 6.45) is 1.67. The number of anilines is 1. The summed E-state index contributed by atoms with van der Waals surface area (Å²) in [6.45, 7) is 5.72. The molecule has 3 aromatic rings. The molecule has 1 aliphatic rings. The SMILES string of the molecule is CC(C)(C)CC(=O)c1ccc(Oc2cc(F)c(CC(=O)O)cc2Cl)c(NS(=O)(=O)c2ccc(C3CC3)cc2Cl)c1. The van der Waals surface area contributed by atoms with Crippen molar-refractivity contribution in [1.29, 1.82) is 0 Å². The van der Waals surface area contributed by atoms with Gasteiger partial charge in [0.25, 0.3) is 10.0 Å². The second-order valence-electron chi connectivity index (χ2n) is 11.0. The van der Waals surface area contributed by atoms with Crippen molar-refractivity contribution in [2.75, 3.05) is 4.72 Å². The number of benzene rings is 3. The summed E-state index contributed by atoms with van der Waals surface area (Å²) in [7, 11) is -4.24. The lowest BCUT2D eigenvalue weighted by atomic mass is 9.88. The lowest BCUT2D eigenvalue weighted by molar-refractivity contribution is -0.136. The number of halogens is 3. The molecular formula is C29H28Cl2FNO6S. The van der Waals surface area contributed by atoms with Crippen molar-refractivity contribution in [1.82, 2.24) is 0 Å². The second-order valence-corrected chi connectivity index (χ2v) is 13.5. The number of rotatable bonds is 10. The van der Waals surface area contributed by atoms with Crippen LogP contribution in [0.1, 0.15) is 67.4 Å². The zero-order valence-corrected chi connectivity index (χ0v) is 24.4. The van der Waals surface area contributed by atoms with Gasteiger partial charge in [-0.1, -0.05) is 50.0 Å². The topological polar surface area (TPSA) is 110 Å². The third-order valence-corrected chi connectivity index (χ3v) is 8.34. The van der Waals surface area contributed by atoms with Crippen LogP contribution in [0.3, 0.4) is 0 Å². The number of hydrogen-bond donors (Lipinski definition) is 2. The summed E-state index contributed by atoms with van der Waals surface area (Å²) in [5, 5.41) is 8.96. The number of ether oxygens (including phenoxy) is 1. The lowest BCUT2D eigenvalue weighted by Crippen LogP contribution is -2.16. The molecule has 4 rings (SSSR count). The number of hydrogen-bond acceptors (Lipinski definition) is 5. The first-order valence-corrected chi connectivity index (χ1v) is 14.7. The largest absolute Gasteiger partial charge is 0.481 e. The highest BCUT2D eigenvalue weighted by Gasteiger charge is 2.27. The van der Waals surface area contributed by atoms with Crippen molar-refractivity contribution in [3.63, 3.8) is 0 Å². The van der Waals surface area contributed by atoms with E-state index in [1.54, 1.807) is 12.1 Å². The molecule has 0 unspecified atom stereocenters. The third-order valence-electron chi connectivity index (χ3n) is 6.19. The maximum absolute atomic E-state index is 14.6. The molecule has 0 radical (unpaired) electrons. The fraction of sp³-hybridized carbons (Fsp3) is 0.310. The Morgan fingerprint density at radius 2 is 1.73 bits per heavy atom. The summed E-state index contributed by atoms with van der Waals surface area (Å²) in [4.78, 5) is 23.8. The Morgan fingerprint density at radius 1 is 1.02 bits per heavy atom. The quantitative estimate of drug-likeness (QED) is 0.227. The smallest absolute Gasteiger partial charge is 0.307 e. The number of carbonyl (C=O) groups excluding carboxylic acids is 1. The average Bonchev–Trinajstić information content (AvgIpc) is 3.67. The summed E-state index contributed by atoms with van der Waals surface area (Å²) in [5.74, 6) is -2.17. The van der Waals surface area contributed by atoms with Gasteiger partial charge in [0.05, 0.1) is 22.2 Å². The average molecular weight is 609 g/mol. The van der Waals surface area contributed by atoms with E-state index in [1.807, 2.05) is 20.8 Å². The highest BCUT2D eigenvalue weighted by molar-refractivity contribution is 7.92. The number of carboxylic acids is 1. The van der Waals surface area contributed by atoms with Crippen molar-refractivity contribution in [3.05, 3.63) is 81.1 Å². The van der Waals surface area contributed by atoms with Gasteiger partial charge in [-0.2, -0.15) is 0 Å². The molecule has 40 heavy (non-hydrogen) atoms. The standard InChI is InChI=1S/C29H28Cl2FNO6S/c1-29(2,3)15-24(34)18-6-8-25(39-26-14-22(32)19(11-20(26)30)13-28(35)36)23(12-18)33-40(37,38)27-9-7-17(10-21(27)31)16-4-5-16/h6-12,14,16,33H,4-5,13,15H2,1-3H3,(H,35,36). The van der Waals surface area contributed by atoms with Crippen LogP contribution < -0.4 is 9.46 Å². The maximum atomic E-state index is 14.6.